The standard InChI is InChI=1S/C10H16N2O3.C2H6/c1-8(14)9-2-4-12(5-3-9)10(15)6-11-7-13;1-2/h7,9H,2-6H2,1H3,(H,11,13);1-2H3. The first-order valence-corrected chi connectivity index (χ1v) is 6.10. The zero-order valence-corrected chi connectivity index (χ0v) is 10.9. The van der Waals surface area contributed by atoms with Gasteiger partial charge in [0.1, 0.15) is 5.78 Å². The molecule has 0 radical (unpaired) electrons. The van der Waals surface area contributed by atoms with Gasteiger partial charge >= 0.3 is 0 Å². The van der Waals surface area contributed by atoms with Crippen molar-refractivity contribution in [3.05, 3.63) is 0 Å². The lowest BCUT2D eigenvalue weighted by atomic mass is 9.93. The van der Waals surface area contributed by atoms with Gasteiger partial charge in [-0.25, -0.2) is 0 Å². The second kappa shape index (κ2) is 8.73. The van der Waals surface area contributed by atoms with E-state index in [2.05, 4.69) is 5.32 Å². The Morgan fingerprint density at radius 1 is 1.29 bits per heavy atom. The van der Waals surface area contributed by atoms with Crippen LogP contribution in [0.4, 0.5) is 0 Å². The summed E-state index contributed by atoms with van der Waals surface area (Å²) >= 11 is 0. The van der Waals surface area contributed by atoms with Crippen molar-refractivity contribution in [2.24, 2.45) is 5.92 Å². The normalized spacial score (nSPS) is 15.6. The van der Waals surface area contributed by atoms with Crippen LogP contribution in [0.25, 0.3) is 0 Å². The molecule has 0 atom stereocenters. The molecule has 0 bridgehead atoms. The lowest BCUT2D eigenvalue weighted by Crippen LogP contribution is -2.43. The van der Waals surface area contributed by atoms with Gasteiger partial charge in [-0.2, -0.15) is 0 Å². The zero-order chi connectivity index (χ0) is 13.3. The van der Waals surface area contributed by atoms with Crippen LogP contribution in [0.3, 0.4) is 0 Å². The summed E-state index contributed by atoms with van der Waals surface area (Å²) < 4.78 is 0. The minimum atomic E-state index is -0.0795. The van der Waals surface area contributed by atoms with Crippen LogP contribution in [0.1, 0.15) is 33.6 Å². The molecule has 0 spiro atoms. The third kappa shape index (κ3) is 5.47. The molecule has 1 N–H and O–H groups in total. The molecular weight excluding hydrogens is 220 g/mol. The Morgan fingerprint density at radius 3 is 2.24 bits per heavy atom. The summed E-state index contributed by atoms with van der Waals surface area (Å²) in [5.74, 6) is 0.227. The lowest BCUT2D eigenvalue weighted by molar-refractivity contribution is -0.134. The van der Waals surface area contributed by atoms with Gasteiger partial charge in [0.2, 0.25) is 12.3 Å². The van der Waals surface area contributed by atoms with Gasteiger partial charge in [0, 0.05) is 19.0 Å². The first kappa shape index (κ1) is 15.6. The van der Waals surface area contributed by atoms with Crippen LogP contribution in [0, 0.1) is 5.92 Å². The second-order valence-electron chi connectivity index (χ2n) is 3.76. The number of ketones is 1. The molecule has 5 heteroatoms. The molecule has 0 saturated carbocycles. The van der Waals surface area contributed by atoms with E-state index in [0.717, 1.165) is 12.8 Å². The number of Topliss-reactive ketones (excluding diaryl/α,β-unsaturated/α-hetero) is 1. The van der Waals surface area contributed by atoms with E-state index in [1.54, 1.807) is 11.8 Å². The van der Waals surface area contributed by atoms with Crippen LogP contribution in [0.5, 0.6) is 0 Å². The molecule has 0 aromatic heterocycles. The molecule has 17 heavy (non-hydrogen) atoms. The van der Waals surface area contributed by atoms with Crippen LogP contribution < -0.4 is 5.32 Å². The number of carbonyl (C=O) groups is 3. The van der Waals surface area contributed by atoms with E-state index in [4.69, 9.17) is 0 Å². The summed E-state index contributed by atoms with van der Waals surface area (Å²) in [7, 11) is 0. The molecule has 1 fully saturated rings. The molecule has 0 aliphatic carbocycles. The van der Waals surface area contributed by atoms with E-state index in [1.807, 2.05) is 13.8 Å². The van der Waals surface area contributed by atoms with Gasteiger partial charge < -0.3 is 10.2 Å². The van der Waals surface area contributed by atoms with Crippen molar-refractivity contribution in [1.82, 2.24) is 10.2 Å². The van der Waals surface area contributed by atoms with E-state index >= 15 is 0 Å². The summed E-state index contributed by atoms with van der Waals surface area (Å²) in [4.78, 5) is 34.2. The second-order valence-corrected chi connectivity index (χ2v) is 3.76. The van der Waals surface area contributed by atoms with Gasteiger partial charge in [-0.15, -0.1) is 0 Å². The topological polar surface area (TPSA) is 66.5 Å². The van der Waals surface area contributed by atoms with E-state index in [9.17, 15) is 14.4 Å². The molecule has 98 valence electrons. The zero-order valence-electron chi connectivity index (χ0n) is 10.9. The van der Waals surface area contributed by atoms with Crippen LogP contribution in [0.2, 0.25) is 0 Å². The number of rotatable bonds is 4. The maximum absolute atomic E-state index is 11.5. The van der Waals surface area contributed by atoms with Crippen LogP contribution in [0.15, 0.2) is 0 Å². The van der Waals surface area contributed by atoms with E-state index in [1.165, 1.54) is 0 Å². The maximum atomic E-state index is 11.5. The van der Waals surface area contributed by atoms with E-state index < -0.39 is 0 Å². The predicted molar refractivity (Wildman–Crippen MR) is 65.4 cm³/mol. The Hall–Kier alpha value is -1.39. The lowest BCUT2D eigenvalue weighted by Gasteiger charge is -2.30. The number of likely N-dealkylation sites (tertiary alicyclic amines) is 1. The van der Waals surface area contributed by atoms with Gasteiger partial charge in [0.05, 0.1) is 6.54 Å². The molecule has 5 nitrogen and oxygen atoms in total. The first-order valence-electron chi connectivity index (χ1n) is 6.10. The average molecular weight is 242 g/mol. The number of hydrogen-bond donors (Lipinski definition) is 1. The van der Waals surface area contributed by atoms with Gasteiger partial charge in [-0.3, -0.25) is 14.4 Å². The van der Waals surface area contributed by atoms with E-state index in [0.29, 0.717) is 19.5 Å². The molecular formula is C12H22N2O3. The summed E-state index contributed by atoms with van der Waals surface area (Å²) in [5.41, 5.74) is 0. The van der Waals surface area contributed by atoms with Crippen molar-refractivity contribution >= 4 is 18.1 Å². The SMILES string of the molecule is CC.CC(=O)C1CCN(C(=O)CNC=O)CC1. The van der Waals surface area contributed by atoms with Crippen molar-refractivity contribution in [1.29, 1.82) is 0 Å². The van der Waals surface area contributed by atoms with Crippen molar-refractivity contribution in [3.8, 4) is 0 Å². The minimum Gasteiger partial charge on any atom is -0.350 e. The Balaban J connectivity index is 0.00000121. The van der Waals surface area contributed by atoms with E-state index in [-0.39, 0.29) is 24.2 Å². The fourth-order valence-corrected chi connectivity index (χ4v) is 1.78. The molecule has 1 aliphatic rings. The highest BCUT2D eigenvalue weighted by atomic mass is 16.2. The molecule has 1 saturated heterocycles. The number of nitrogens with one attached hydrogen (secondary N) is 1. The Bertz CT molecular complexity index is 258. The summed E-state index contributed by atoms with van der Waals surface area (Å²) in [6.07, 6.45) is 1.99. The third-order valence-corrected chi connectivity index (χ3v) is 2.76. The average Bonchev–Trinajstić information content (AvgIpc) is 2.38. The summed E-state index contributed by atoms with van der Waals surface area (Å²) in [6.45, 7) is 6.87. The molecule has 1 aliphatic heterocycles. The van der Waals surface area contributed by atoms with Crippen LogP contribution in [-0.2, 0) is 14.4 Å². The van der Waals surface area contributed by atoms with Crippen molar-refractivity contribution < 1.29 is 14.4 Å². The largest absolute Gasteiger partial charge is 0.350 e. The highest BCUT2D eigenvalue weighted by molar-refractivity contribution is 5.81. The van der Waals surface area contributed by atoms with Crippen molar-refractivity contribution in [3.63, 3.8) is 0 Å². The third-order valence-electron chi connectivity index (χ3n) is 2.76. The monoisotopic (exact) mass is 242 g/mol. The number of nitrogens with zero attached hydrogens (tertiary/aromatic N) is 1. The number of piperidine rings is 1. The first-order chi connectivity index (χ1) is 8.15. The molecule has 0 aromatic rings. The Kier molecular flexibility index (Phi) is 8.01. The van der Waals surface area contributed by atoms with Crippen molar-refractivity contribution in [2.45, 2.75) is 33.6 Å². The molecule has 1 rings (SSSR count). The van der Waals surface area contributed by atoms with Gasteiger partial charge in [0.25, 0.3) is 0 Å². The molecule has 1 heterocycles. The van der Waals surface area contributed by atoms with Gasteiger partial charge in [0.15, 0.2) is 0 Å². The molecule has 0 unspecified atom stereocenters. The van der Waals surface area contributed by atoms with Crippen LogP contribution >= 0.6 is 0 Å². The molecule has 0 aromatic carbocycles. The Morgan fingerprint density at radius 2 is 1.82 bits per heavy atom. The minimum absolute atomic E-state index is 0.0498. The summed E-state index contributed by atoms with van der Waals surface area (Å²) in [6, 6.07) is 0. The predicted octanol–water partition coefficient (Wildman–Crippen LogP) is 0.586. The fraction of sp³-hybridized carbons (Fsp3) is 0.750. The maximum Gasteiger partial charge on any atom is 0.241 e. The fourth-order valence-electron chi connectivity index (χ4n) is 1.78. The summed E-state index contributed by atoms with van der Waals surface area (Å²) in [5, 5.41) is 2.34. The Labute approximate surface area is 103 Å². The number of amides is 2. The highest BCUT2D eigenvalue weighted by Gasteiger charge is 2.24. The van der Waals surface area contributed by atoms with Crippen LogP contribution in [-0.4, -0.2) is 42.6 Å². The quantitative estimate of drug-likeness (QED) is 0.734. The highest BCUT2D eigenvalue weighted by Crippen LogP contribution is 2.17. The molecule has 2 amide bonds. The van der Waals surface area contributed by atoms with Crippen molar-refractivity contribution in [2.75, 3.05) is 19.6 Å². The number of carbonyl (C=O) groups excluding carboxylic acids is 3. The smallest absolute Gasteiger partial charge is 0.241 e. The van der Waals surface area contributed by atoms with Gasteiger partial charge in [-0.1, -0.05) is 13.8 Å². The van der Waals surface area contributed by atoms with Gasteiger partial charge in [-0.05, 0) is 19.8 Å². The number of hydrogen-bond acceptors (Lipinski definition) is 3.